The van der Waals surface area contributed by atoms with E-state index in [9.17, 15) is 25.0 Å². The van der Waals surface area contributed by atoms with Crippen molar-refractivity contribution >= 4 is 17.6 Å². The lowest BCUT2D eigenvalue weighted by atomic mass is 10.0. The fourth-order valence-corrected chi connectivity index (χ4v) is 1.55. The van der Waals surface area contributed by atoms with E-state index in [2.05, 4.69) is 10.6 Å². The molecule has 1 aliphatic rings. The van der Waals surface area contributed by atoms with Crippen LogP contribution >= 0.6 is 11.6 Å². The molecular formula is C8H14ClN3O6. The highest BCUT2D eigenvalue weighted by Gasteiger charge is 2.38. The molecule has 0 radical (unpaired) electrons. The van der Waals surface area contributed by atoms with Crippen molar-refractivity contribution in [1.29, 1.82) is 0 Å². The summed E-state index contributed by atoms with van der Waals surface area (Å²) in [5.74, 6) is 0.00851. The summed E-state index contributed by atoms with van der Waals surface area (Å²) in [6.45, 7) is -0.363. The summed E-state index contributed by atoms with van der Waals surface area (Å²) in [6.07, 6.45) is -5.44. The van der Waals surface area contributed by atoms with Crippen molar-refractivity contribution in [1.82, 2.24) is 10.3 Å². The second-order valence-corrected chi connectivity index (χ2v) is 4.02. The van der Waals surface area contributed by atoms with Gasteiger partial charge in [-0.15, -0.1) is 16.5 Å². The number of carbonyl (C=O) groups excluding carboxylic acids is 1. The largest absolute Gasteiger partial charge is 0.388 e. The maximum atomic E-state index is 11.5. The molecule has 0 bridgehead atoms. The fraction of sp³-hybridized carbons (Fsp3) is 0.875. The number of aliphatic hydroxyl groups excluding tert-OH is 3. The van der Waals surface area contributed by atoms with E-state index in [0.717, 1.165) is 0 Å². The average Bonchev–Trinajstić information content (AvgIpc) is 2.36. The molecule has 104 valence electrons. The summed E-state index contributed by atoms with van der Waals surface area (Å²) >= 11 is 5.36. The molecule has 0 aromatic carbocycles. The number of hydrogen-bond acceptors (Lipinski definition) is 7. The summed E-state index contributed by atoms with van der Waals surface area (Å²) in [7, 11) is 0. The molecule has 1 saturated heterocycles. The Labute approximate surface area is 107 Å². The lowest BCUT2D eigenvalue weighted by Crippen LogP contribution is -2.60. The van der Waals surface area contributed by atoms with E-state index >= 15 is 0 Å². The van der Waals surface area contributed by atoms with Crippen LogP contribution in [0, 0.1) is 4.91 Å². The number of urea groups is 1. The first-order valence-corrected chi connectivity index (χ1v) is 5.67. The molecule has 4 N–H and O–H groups in total. The lowest BCUT2D eigenvalue weighted by Gasteiger charge is -2.35. The zero-order valence-electron chi connectivity index (χ0n) is 9.27. The number of hydrogen-bond donors (Lipinski definition) is 4. The Balaban J connectivity index is 2.56. The number of alkyl halides is 1. The van der Waals surface area contributed by atoms with Crippen molar-refractivity contribution in [2.24, 2.45) is 5.29 Å². The van der Waals surface area contributed by atoms with Gasteiger partial charge in [-0.25, -0.2) is 4.79 Å². The van der Waals surface area contributed by atoms with Crippen molar-refractivity contribution in [2.45, 2.75) is 24.5 Å². The molecule has 1 fully saturated rings. The van der Waals surface area contributed by atoms with E-state index in [1.807, 2.05) is 0 Å². The van der Waals surface area contributed by atoms with Crippen molar-refractivity contribution < 1.29 is 24.9 Å². The van der Waals surface area contributed by atoms with Gasteiger partial charge in [-0.3, -0.25) is 0 Å². The topological polar surface area (TPSA) is 132 Å². The minimum absolute atomic E-state index is 0.00851. The van der Waals surface area contributed by atoms with Crippen LogP contribution in [0.1, 0.15) is 0 Å². The third-order valence-corrected chi connectivity index (χ3v) is 2.56. The highest BCUT2D eigenvalue weighted by molar-refractivity contribution is 6.18. The molecule has 18 heavy (non-hydrogen) atoms. The standard InChI is InChI=1S/C8H14ClN3O6/c9-1-2-12(11-17)8(16)10-7-6(15)5(14)4(13)3-18-7/h4-7,13-15H,1-3H2,(H,10,16)/t4-,5+,6-,7-/m1/s1. The average molecular weight is 284 g/mol. The van der Waals surface area contributed by atoms with Gasteiger partial charge in [-0.2, -0.15) is 5.01 Å². The Hall–Kier alpha value is -1.00. The summed E-state index contributed by atoms with van der Waals surface area (Å²) in [5.41, 5.74) is 0. The SMILES string of the molecule is O=NN(CCCl)C(=O)N[C@@H]1OC[C@@H](O)[C@H](O)[C@H]1O. The lowest BCUT2D eigenvalue weighted by molar-refractivity contribution is -0.192. The predicted octanol–water partition coefficient (Wildman–Crippen LogP) is -1.64. The number of nitroso groups, excluding NO2 is 1. The number of aliphatic hydroxyl groups is 3. The number of nitrogens with zero attached hydrogens (tertiary/aromatic N) is 2. The van der Waals surface area contributed by atoms with Crippen LogP contribution < -0.4 is 5.32 Å². The van der Waals surface area contributed by atoms with Gasteiger partial charge in [-0.05, 0) is 0 Å². The summed E-state index contributed by atoms with van der Waals surface area (Å²) < 4.78 is 4.92. The molecule has 10 heteroatoms. The van der Waals surface area contributed by atoms with Crippen LogP contribution in [-0.4, -0.2) is 69.9 Å². The maximum Gasteiger partial charge on any atom is 0.342 e. The molecular weight excluding hydrogens is 270 g/mol. The Morgan fingerprint density at radius 1 is 1.44 bits per heavy atom. The van der Waals surface area contributed by atoms with Crippen LogP contribution in [-0.2, 0) is 4.74 Å². The molecule has 2 amide bonds. The predicted molar refractivity (Wildman–Crippen MR) is 59.5 cm³/mol. The van der Waals surface area contributed by atoms with Gasteiger partial charge in [-0.1, -0.05) is 0 Å². The van der Waals surface area contributed by atoms with Crippen LogP contribution in [0.5, 0.6) is 0 Å². The monoisotopic (exact) mass is 283 g/mol. The highest BCUT2D eigenvalue weighted by atomic mass is 35.5. The van der Waals surface area contributed by atoms with Crippen molar-refractivity contribution in [3.63, 3.8) is 0 Å². The fourth-order valence-electron chi connectivity index (χ4n) is 1.39. The number of amides is 2. The third kappa shape index (κ3) is 3.50. The first kappa shape index (κ1) is 15.1. The summed E-state index contributed by atoms with van der Waals surface area (Å²) in [5, 5.41) is 33.2. The summed E-state index contributed by atoms with van der Waals surface area (Å²) in [4.78, 5) is 21.8. The first-order chi connectivity index (χ1) is 8.51. The quantitative estimate of drug-likeness (QED) is 0.278. The minimum atomic E-state index is -1.51. The Bertz CT molecular complexity index is 307. The van der Waals surface area contributed by atoms with Crippen molar-refractivity contribution in [2.75, 3.05) is 19.0 Å². The van der Waals surface area contributed by atoms with Crippen LogP contribution in [0.2, 0.25) is 0 Å². The Morgan fingerprint density at radius 3 is 2.67 bits per heavy atom. The number of ether oxygens (including phenoxy) is 1. The van der Waals surface area contributed by atoms with Gasteiger partial charge in [0, 0.05) is 5.88 Å². The van der Waals surface area contributed by atoms with Gasteiger partial charge in [0.25, 0.3) is 0 Å². The van der Waals surface area contributed by atoms with Gasteiger partial charge in [0.2, 0.25) is 0 Å². The van der Waals surface area contributed by atoms with Crippen LogP contribution in [0.4, 0.5) is 4.79 Å². The normalized spacial score (nSPS) is 31.8. The number of halogens is 1. The summed E-state index contributed by atoms with van der Waals surface area (Å²) in [6, 6.07) is -0.918. The second-order valence-electron chi connectivity index (χ2n) is 3.65. The van der Waals surface area contributed by atoms with Gasteiger partial charge < -0.3 is 25.4 Å². The van der Waals surface area contributed by atoms with Crippen LogP contribution in [0.25, 0.3) is 0 Å². The number of nitrogens with one attached hydrogen (secondary N) is 1. The zero-order chi connectivity index (χ0) is 13.7. The van der Waals surface area contributed by atoms with Crippen LogP contribution in [0.15, 0.2) is 5.29 Å². The molecule has 1 aliphatic heterocycles. The van der Waals surface area contributed by atoms with Gasteiger partial charge in [0.1, 0.15) is 18.3 Å². The highest BCUT2D eigenvalue weighted by Crippen LogP contribution is 2.14. The van der Waals surface area contributed by atoms with Crippen LogP contribution in [0.3, 0.4) is 0 Å². The zero-order valence-corrected chi connectivity index (χ0v) is 10.0. The third-order valence-electron chi connectivity index (χ3n) is 2.40. The smallest absolute Gasteiger partial charge is 0.342 e. The van der Waals surface area contributed by atoms with Crippen molar-refractivity contribution in [3.05, 3.63) is 4.91 Å². The molecule has 9 nitrogen and oxygen atoms in total. The first-order valence-electron chi connectivity index (χ1n) is 5.14. The van der Waals surface area contributed by atoms with Gasteiger partial charge in [0.05, 0.1) is 18.4 Å². The molecule has 0 aromatic rings. The number of rotatable bonds is 4. The van der Waals surface area contributed by atoms with Crippen molar-refractivity contribution in [3.8, 4) is 0 Å². The molecule has 1 rings (SSSR count). The molecule has 4 atom stereocenters. The van der Waals surface area contributed by atoms with E-state index in [1.165, 1.54) is 0 Å². The van der Waals surface area contributed by atoms with E-state index < -0.39 is 30.6 Å². The van der Waals surface area contributed by atoms with E-state index in [4.69, 9.17) is 16.3 Å². The molecule has 0 saturated carbocycles. The molecule has 0 spiro atoms. The van der Waals surface area contributed by atoms with E-state index in [1.54, 1.807) is 0 Å². The maximum absolute atomic E-state index is 11.5. The molecule has 0 aliphatic carbocycles. The second kappa shape index (κ2) is 6.81. The number of carbonyl (C=O) groups is 1. The molecule has 0 aromatic heterocycles. The Kier molecular flexibility index (Phi) is 5.69. The van der Waals surface area contributed by atoms with E-state index in [0.29, 0.717) is 5.01 Å². The molecule has 1 heterocycles. The molecule has 0 unspecified atom stereocenters. The van der Waals surface area contributed by atoms with Gasteiger partial charge in [0.15, 0.2) is 6.23 Å². The van der Waals surface area contributed by atoms with E-state index in [-0.39, 0.29) is 19.0 Å². The van der Waals surface area contributed by atoms with Gasteiger partial charge >= 0.3 is 6.03 Å². The minimum Gasteiger partial charge on any atom is -0.388 e. The Morgan fingerprint density at radius 2 is 2.11 bits per heavy atom.